The molecule has 4 nitrogen and oxygen atoms in total. The van der Waals surface area contributed by atoms with Crippen molar-refractivity contribution in [3.8, 4) is 0 Å². The van der Waals surface area contributed by atoms with E-state index in [0.29, 0.717) is 24.9 Å². The van der Waals surface area contributed by atoms with Gasteiger partial charge in [-0.2, -0.15) is 0 Å². The van der Waals surface area contributed by atoms with Gasteiger partial charge >= 0.3 is 0 Å². The molecule has 0 aromatic rings. The molecule has 1 N–H and O–H groups in total. The summed E-state index contributed by atoms with van der Waals surface area (Å²) in [7, 11) is 1.90. The van der Waals surface area contributed by atoms with Crippen LogP contribution in [0.4, 0.5) is 0 Å². The van der Waals surface area contributed by atoms with E-state index in [1.807, 2.05) is 14.0 Å². The summed E-state index contributed by atoms with van der Waals surface area (Å²) in [6, 6.07) is 0.295. The quantitative estimate of drug-likeness (QED) is 0.682. The van der Waals surface area contributed by atoms with Gasteiger partial charge in [-0.15, -0.1) is 0 Å². The first kappa shape index (κ1) is 10.6. The van der Waals surface area contributed by atoms with Gasteiger partial charge in [-0.25, -0.2) is 0 Å². The van der Waals surface area contributed by atoms with Gasteiger partial charge < -0.3 is 5.32 Å². The van der Waals surface area contributed by atoms with E-state index in [0.717, 1.165) is 0 Å². The van der Waals surface area contributed by atoms with E-state index in [9.17, 15) is 9.59 Å². The molecule has 0 bridgehead atoms. The average Bonchev–Trinajstić information content (AvgIpc) is 2.98. The van der Waals surface area contributed by atoms with E-state index in [-0.39, 0.29) is 17.7 Å². The van der Waals surface area contributed by atoms with Gasteiger partial charge in [0, 0.05) is 24.9 Å². The molecule has 1 aliphatic heterocycles. The van der Waals surface area contributed by atoms with Crippen molar-refractivity contribution in [2.45, 2.75) is 32.2 Å². The van der Waals surface area contributed by atoms with Crippen molar-refractivity contribution in [3.63, 3.8) is 0 Å². The first-order valence-electron chi connectivity index (χ1n) is 5.65. The lowest BCUT2D eigenvalue weighted by Crippen LogP contribution is -2.43. The standard InChI is InChI=1S/C11H18N2O2/c1-7-5-10(14)13(11(7)15)6-9(12-2)8-3-4-8/h7-9,12H,3-6H2,1-2H3. The molecule has 2 unspecified atom stereocenters. The monoisotopic (exact) mass is 210 g/mol. The molecule has 1 aliphatic carbocycles. The number of amides is 2. The molecule has 0 aromatic heterocycles. The predicted molar refractivity (Wildman–Crippen MR) is 56.1 cm³/mol. The number of rotatable bonds is 4. The topological polar surface area (TPSA) is 49.4 Å². The van der Waals surface area contributed by atoms with Crippen LogP contribution in [0.2, 0.25) is 0 Å². The summed E-state index contributed by atoms with van der Waals surface area (Å²) in [5.74, 6) is 0.537. The SMILES string of the molecule is CNC(CN1C(=O)CC(C)C1=O)C1CC1. The van der Waals surface area contributed by atoms with Crippen molar-refractivity contribution in [2.75, 3.05) is 13.6 Å². The van der Waals surface area contributed by atoms with Gasteiger partial charge in [0.15, 0.2) is 0 Å². The highest BCUT2D eigenvalue weighted by Crippen LogP contribution is 2.33. The van der Waals surface area contributed by atoms with E-state index in [1.165, 1.54) is 17.7 Å². The Bertz CT molecular complexity index is 286. The number of carbonyl (C=O) groups excluding carboxylic acids is 2. The van der Waals surface area contributed by atoms with Crippen LogP contribution in [0.25, 0.3) is 0 Å². The largest absolute Gasteiger partial charge is 0.315 e. The minimum Gasteiger partial charge on any atom is -0.315 e. The Morgan fingerprint density at radius 1 is 1.47 bits per heavy atom. The third-order valence-corrected chi connectivity index (χ3v) is 3.41. The zero-order chi connectivity index (χ0) is 11.0. The van der Waals surface area contributed by atoms with Crippen LogP contribution in [-0.4, -0.2) is 36.3 Å². The van der Waals surface area contributed by atoms with Crippen LogP contribution in [-0.2, 0) is 9.59 Å². The van der Waals surface area contributed by atoms with Crippen molar-refractivity contribution in [2.24, 2.45) is 11.8 Å². The summed E-state index contributed by atoms with van der Waals surface area (Å²) in [5, 5.41) is 3.20. The summed E-state index contributed by atoms with van der Waals surface area (Å²) < 4.78 is 0. The summed E-state index contributed by atoms with van der Waals surface area (Å²) >= 11 is 0. The van der Waals surface area contributed by atoms with Gasteiger partial charge in [-0.1, -0.05) is 6.92 Å². The molecule has 1 saturated carbocycles. The highest BCUT2D eigenvalue weighted by atomic mass is 16.2. The van der Waals surface area contributed by atoms with Gasteiger partial charge in [0.05, 0.1) is 0 Å². The van der Waals surface area contributed by atoms with E-state index in [2.05, 4.69) is 5.32 Å². The highest BCUT2D eigenvalue weighted by Gasteiger charge is 2.39. The smallest absolute Gasteiger partial charge is 0.232 e. The molecule has 2 rings (SSSR count). The number of imide groups is 1. The minimum atomic E-state index is -0.116. The number of nitrogens with zero attached hydrogens (tertiary/aromatic N) is 1. The molecule has 1 heterocycles. The molecule has 0 radical (unpaired) electrons. The Kier molecular flexibility index (Phi) is 2.78. The average molecular weight is 210 g/mol. The molecule has 1 saturated heterocycles. The summed E-state index contributed by atoms with van der Waals surface area (Å²) in [5.41, 5.74) is 0. The Morgan fingerprint density at radius 2 is 2.13 bits per heavy atom. The Hall–Kier alpha value is -0.900. The first-order chi connectivity index (χ1) is 7.13. The van der Waals surface area contributed by atoms with Crippen LogP contribution in [0.5, 0.6) is 0 Å². The summed E-state index contributed by atoms with van der Waals surface area (Å²) in [4.78, 5) is 24.7. The molecule has 2 fully saturated rings. The van der Waals surface area contributed by atoms with Crippen molar-refractivity contribution < 1.29 is 9.59 Å². The molecular formula is C11H18N2O2. The third-order valence-electron chi connectivity index (χ3n) is 3.41. The summed E-state index contributed by atoms with van der Waals surface area (Å²) in [6.07, 6.45) is 2.83. The minimum absolute atomic E-state index is 0.000833. The Labute approximate surface area is 90.0 Å². The normalized spacial score (nSPS) is 28.7. The fraction of sp³-hybridized carbons (Fsp3) is 0.818. The van der Waals surface area contributed by atoms with Gasteiger partial charge in [0.25, 0.3) is 0 Å². The van der Waals surface area contributed by atoms with Crippen LogP contribution in [0.15, 0.2) is 0 Å². The fourth-order valence-electron chi connectivity index (χ4n) is 2.21. The van der Waals surface area contributed by atoms with E-state index in [1.54, 1.807) is 0 Å². The van der Waals surface area contributed by atoms with Crippen LogP contribution in [0.1, 0.15) is 26.2 Å². The first-order valence-corrected chi connectivity index (χ1v) is 5.65. The highest BCUT2D eigenvalue weighted by molar-refractivity contribution is 6.03. The molecule has 2 aliphatic rings. The van der Waals surface area contributed by atoms with Crippen LogP contribution in [0, 0.1) is 11.8 Å². The molecule has 0 aromatic carbocycles. The van der Waals surface area contributed by atoms with Crippen LogP contribution < -0.4 is 5.32 Å². The lowest BCUT2D eigenvalue weighted by atomic mass is 10.1. The number of hydrogen-bond acceptors (Lipinski definition) is 3. The predicted octanol–water partition coefficient (Wildman–Crippen LogP) is 0.379. The van der Waals surface area contributed by atoms with Gasteiger partial charge in [0.1, 0.15) is 0 Å². The molecule has 2 atom stereocenters. The molecule has 0 spiro atoms. The number of nitrogens with one attached hydrogen (secondary N) is 1. The zero-order valence-corrected chi connectivity index (χ0v) is 9.32. The van der Waals surface area contributed by atoms with Crippen LogP contribution in [0.3, 0.4) is 0 Å². The van der Waals surface area contributed by atoms with Crippen molar-refractivity contribution in [1.29, 1.82) is 0 Å². The maximum absolute atomic E-state index is 11.7. The number of hydrogen-bond donors (Lipinski definition) is 1. The lowest BCUT2D eigenvalue weighted by Gasteiger charge is -2.22. The molecule has 84 valence electrons. The second-order valence-electron chi connectivity index (χ2n) is 4.68. The third kappa shape index (κ3) is 2.04. The van der Waals surface area contributed by atoms with Crippen LogP contribution >= 0.6 is 0 Å². The van der Waals surface area contributed by atoms with Crippen molar-refractivity contribution in [1.82, 2.24) is 10.2 Å². The van der Waals surface area contributed by atoms with E-state index in [4.69, 9.17) is 0 Å². The van der Waals surface area contributed by atoms with Crippen molar-refractivity contribution >= 4 is 11.8 Å². The number of carbonyl (C=O) groups is 2. The Balaban J connectivity index is 1.97. The van der Waals surface area contributed by atoms with E-state index < -0.39 is 0 Å². The molecule has 15 heavy (non-hydrogen) atoms. The van der Waals surface area contributed by atoms with Gasteiger partial charge in [-0.05, 0) is 25.8 Å². The second-order valence-corrected chi connectivity index (χ2v) is 4.68. The zero-order valence-electron chi connectivity index (χ0n) is 9.32. The maximum Gasteiger partial charge on any atom is 0.232 e. The molecule has 4 heteroatoms. The van der Waals surface area contributed by atoms with E-state index >= 15 is 0 Å². The Morgan fingerprint density at radius 3 is 2.53 bits per heavy atom. The lowest BCUT2D eigenvalue weighted by molar-refractivity contribution is -0.139. The maximum atomic E-state index is 11.7. The number of likely N-dealkylation sites (tertiary alicyclic amines) is 1. The molecular weight excluding hydrogens is 192 g/mol. The van der Waals surface area contributed by atoms with Crippen molar-refractivity contribution in [3.05, 3.63) is 0 Å². The fourth-order valence-corrected chi connectivity index (χ4v) is 2.21. The van der Waals surface area contributed by atoms with Gasteiger partial charge in [-0.3, -0.25) is 14.5 Å². The molecule has 2 amide bonds. The summed E-state index contributed by atoms with van der Waals surface area (Å²) in [6.45, 7) is 2.38. The second kappa shape index (κ2) is 3.93. The van der Waals surface area contributed by atoms with Gasteiger partial charge in [0.2, 0.25) is 11.8 Å². The number of likely N-dealkylation sites (N-methyl/N-ethyl adjacent to an activating group) is 1.